The van der Waals surface area contributed by atoms with E-state index >= 15 is 0 Å². The van der Waals surface area contributed by atoms with Crippen LogP contribution in [0, 0.1) is 5.92 Å². The lowest BCUT2D eigenvalue weighted by molar-refractivity contribution is 0.288. The summed E-state index contributed by atoms with van der Waals surface area (Å²) in [5, 5.41) is 0. The van der Waals surface area contributed by atoms with E-state index in [0.29, 0.717) is 0 Å². The fraction of sp³-hybridized carbons (Fsp3) is 1.00. The highest BCUT2D eigenvalue weighted by molar-refractivity contribution is 7.80. The van der Waals surface area contributed by atoms with E-state index in [-0.39, 0.29) is 0 Å². The van der Waals surface area contributed by atoms with Gasteiger partial charge in [0, 0.05) is 6.54 Å². The zero-order chi connectivity index (χ0) is 10.1. The third-order valence-electron chi connectivity index (χ3n) is 2.12. The first kappa shape index (κ1) is 13.3. The number of unbranched alkanes of at least 4 members (excludes halogenated alkanes) is 3. The summed E-state index contributed by atoms with van der Waals surface area (Å²) in [6.45, 7) is 7.03. The normalized spacial score (nSPS) is 11.5. The second kappa shape index (κ2) is 8.89. The Balaban J connectivity index is 3.12. The van der Waals surface area contributed by atoms with Gasteiger partial charge in [-0.2, -0.15) is 12.6 Å². The van der Waals surface area contributed by atoms with E-state index < -0.39 is 0 Å². The first-order valence-corrected chi connectivity index (χ1v) is 6.09. The highest BCUT2D eigenvalue weighted by Gasteiger charge is 2.00. The van der Waals surface area contributed by atoms with Crippen molar-refractivity contribution in [2.45, 2.75) is 39.5 Å². The number of rotatable bonds is 8. The van der Waals surface area contributed by atoms with Crippen LogP contribution in [-0.4, -0.2) is 30.8 Å². The third-order valence-corrected chi connectivity index (χ3v) is 2.44. The summed E-state index contributed by atoms with van der Waals surface area (Å²) in [4.78, 5) is 2.44. The fourth-order valence-electron chi connectivity index (χ4n) is 1.56. The molecule has 80 valence electrons. The van der Waals surface area contributed by atoms with Crippen molar-refractivity contribution < 1.29 is 0 Å². The predicted molar refractivity (Wildman–Crippen MR) is 64.7 cm³/mol. The molecule has 0 bridgehead atoms. The molecule has 1 nitrogen and oxygen atoms in total. The van der Waals surface area contributed by atoms with Gasteiger partial charge in [-0.15, -0.1) is 0 Å². The molecule has 0 aliphatic rings. The van der Waals surface area contributed by atoms with E-state index in [1.807, 2.05) is 0 Å². The summed E-state index contributed by atoms with van der Waals surface area (Å²) in [7, 11) is 2.22. The van der Waals surface area contributed by atoms with Crippen LogP contribution < -0.4 is 0 Å². The van der Waals surface area contributed by atoms with Crippen LogP contribution in [0.15, 0.2) is 0 Å². The molecule has 2 heteroatoms. The fourth-order valence-corrected chi connectivity index (χ4v) is 1.79. The topological polar surface area (TPSA) is 3.24 Å². The molecule has 0 fully saturated rings. The van der Waals surface area contributed by atoms with Crippen LogP contribution in [-0.2, 0) is 0 Å². The first-order chi connectivity index (χ1) is 6.16. The molecule has 0 aromatic carbocycles. The molecule has 0 aromatic rings. The standard InChI is InChI=1S/C11H25NS/c1-11(2)10-12(3)8-6-4-5-7-9-13/h11,13H,4-10H2,1-3H3. The summed E-state index contributed by atoms with van der Waals surface area (Å²) in [6, 6.07) is 0. The Hall–Kier alpha value is 0.310. The zero-order valence-corrected chi connectivity index (χ0v) is 10.3. The lowest BCUT2D eigenvalue weighted by Gasteiger charge is -2.18. The predicted octanol–water partition coefficient (Wildman–Crippen LogP) is 3.06. The average molecular weight is 203 g/mol. The minimum atomic E-state index is 0.794. The summed E-state index contributed by atoms with van der Waals surface area (Å²) >= 11 is 4.20. The lowest BCUT2D eigenvalue weighted by atomic mass is 10.2. The monoisotopic (exact) mass is 203 g/mol. The van der Waals surface area contributed by atoms with Crippen LogP contribution in [0.5, 0.6) is 0 Å². The minimum Gasteiger partial charge on any atom is -0.306 e. The maximum absolute atomic E-state index is 4.20. The smallest absolute Gasteiger partial charge is 0.000133 e. The summed E-state index contributed by atoms with van der Waals surface area (Å²) in [5.41, 5.74) is 0. The van der Waals surface area contributed by atoms with Gasteiger partial charge in [0.15, 0.2) is 0 Å². The van der Waals surface area contributed by atoms with Crippen LogP contribution in [0.3, 0.4) is 0 Å². The first-order valence-electron chi connectivity index (χ1n) is 5.46. The molecule has 0 unspecified atom stereocenters. The molecule has 0 rings (SSSR count). The van der Waals surface area contributed by atoms with Gasteiger partial charge in [0.2, 0.25) is 0 Å². The van der Waals surface area contributed by atoms with Crippen LogP contribution in [0.2, 0.25) is 0 Å². The second-order valence-electron chi connectivity index (χ2n) is 4.29. The molecule has 0 aromatic heterocycles. The van der Waals surface area contributed by atoms with Crippen molar-refractivity contribution in [2.24, 2.45) is 5.92 Å². The highest BCUT2D eigenvalue weighted by Crippen LogP contribution is 2.03. The lowest BCUT2D eigenvalue weighted by Crippen LogP contribution is -2.24. The molecule has 0 saturated carbocycles. The Morgan fingerprint density at radius 3 is 2.23 bits per heavy atom. The van der Waals surface area contributed by atoms with Crippen molar-refractivity contribution >= 4 is 12.6 Å². The minimum absolute atomic E-state index is 0.794. The molecule has 0 amide bonds. The van der Waals surface area contributed by atoms with Crippen molar-refractivity contribution in [1.29, 1.82) is 0 Å². The molecule has 0 heterocycles. The SMILES string of the molecule is CC(C)CN(C)CCCCCCS. The maximum atomic E-state index is 4.20. The van der Waals surface area contributed by atoms with Gasteiger partial charge in [0.1, 0.15) is 0 Å². The molecule has 0 atom stereocenters. The summed E-state index contributed by atoms with van der Waals surface area (Å²) in [6.07, 6.45) is 5.33. The van der Waals surface area contributed by atoms with Gasteiger partial charge in [-0.05, 0) is 38.1 Å². The van der Waals surface area contributed by atoms with Crippen molar-refractivity contribution in [3.05, 3.63) is 0 Å². The molecule has 0 spiro atoms. The molecule has 0 saturated heterocycles. The Labute approximate surface area is 89.3 Å². The van der Waals surface area contributed by atoms with Gasteiger partial charge in [-0.1, -0.05) is 26.7 Å². The molecule has 0 N–H and O–H groups in total. The average Bonchev–Trinajstić information content (AvgIpc) is 2.02. The Morgan fingerprint density at radius 2 is 1.69 bits per heavy atom. The molecular weight excluding hydrogens is 178 g/mol. The van der Waals surface area contributed by atoms with Crippen LogP contribution >= 0.6 is 12.6 Å². The quantitative estimate of drug-likeness (QED) is 0.469. The van der Waals surface area contributed by atoms with E-state index in [1.165, 1.54) is 38.8 Å². The van der Waals surface area contributed by atoms with E-state index in [4.69, 9.17) is 0 Å². The van der Waals surface area contributed by atoms with E-state index in [1.54, 1.807) is 0 Å². The Kier molecular flexibility index (Phi) is 9.10. The van der Waals surface area contributed by atoms with Gasteiger partial charge >= 0.3 is 0 Å². The van der Waals surface area contributed by atoms with Gasteiger partial charge in [-0.25, -0.2) is 0 Å². The largest absolute Gasteiger partial charge is 0.306 e. The maximum Gasteiger partial charge on any atom is 0.000133 e. The summed E-state index contributed by atoms with van der Waals surface area (Å²) < 4.78 is 0. The third kappa shape index (κ3) is 10.2. The van der Waals surface area contributed by atoms with Crippen molar-refractivity contribution in [3.63, 3.8) is 0 Å². The van der Waals surface area contributed by atoms with Crippen molar-refractivity contribution in [1.82, 2.24) is 4.90 Å². The van der Waals surface area contributed by atoms with E-state index in [2.05, 4.69) is 38.4 Å². The number of nitrogens with zero attached hydrogens (tertiary/aromatic N) is 1. The number of hydrogen-bond acceptors (Lipinski definition) is 2. The zero-order valence-electron chi connectivity index (χ0n) is 9.42. The van der Waals surface area contributed by atoms with Gasteiger partial charge in [0.05, 0.1) is 0 Å². The van der Waals surface area contributed by atoms with Gasteiger partial charge in [0.25, 0.3) is 0 Å². The van der Waals surface area contributed by atoms with E-state index in [9.17, 15) is 0 Å². The molecule has 0 radical (unpaired) electrons. The van der Waals surface area contributed by atoms with Crippen molar-refractivity contribution in [3.8, 4) is 0 Å². The van der Waals surface area contributed by atoms with Crippen LogP contribution in [0.1, 0.15) is 39.5 Å². The number of hydrogen-bond donors (Lipinski definition) is 1. The Morgan fingerprint density at radius 1 is 1.08 bits per heavy atom. The van der Waals surface area contributed by atoms with Gasteiger partial charge in [-0.3, -0.25) is 0 Å². The van der Waals surface area contributed by atoms with Crippen LogP contribution in [0.4, 0.5) is 0 Å². The molecule has 13 heavy (non-hydrogen) atoms. The Bertz CT molecular complexity index is 104. The second-order valence-corrected chi connectivity index (χ2v) is 4.74. The van der Waals surface area contributed by atoms with E-state index in [0.717, 1.165) is 11.7 Å². The molecule has 0 aliphatic carbocycles. The number of thiol groups is 1. The molecular formula is C11H25NS. The van der Waals surface area contributed by atoms with Crippen LogP contribution in [0.25, 0.3) is 0 Å². The summed E-state index contributed by atoms with van der Waals surface area (Å²) in [5.74, 6) is 1.84. The highest BCUT2D eigenvalue weighted by atomic mass is 32.1. The van der Waals surface area contributed by atoms with Gasteiger partial charge < -0.3 is 4.90 Å². The van der Waals surface area contributed by atoms with Crippen molar-refractivity contribution in [2.75, 3.05) is 25.9 Å². The molecule has 0 aliphatic heterocycles.